The summed E-state index contributed by atoms with van der Waals surface area (Å²) in [4.78, 5) is 0.161. The Hall–Kier alpha value is -1.15. The van der Waals surface area contributed by atoms with E-state index in [0.717, 1.165) is 0 Å². The summed E-state index contributed by atoms with van der Waals surface area (Å²) in [6.45, 7) is 4.08. The molecule has 2 unspecified atom stereocenters. The summed E-state index contributed by atoms with van der Waals surface area (Å²) >= 11 is 0. The van der Waals surface area contributed by atoms with E-state index in [9.17, 15) is 13.5 Å². The number of methoxy groups -OCH3 is 1. The second kappa shape index (κ2) is 6.31. The Morgan fingerprint density at radius 2 is 1.95 bits per heavy atom. The minimum atomic E-state index is -3.60. The largest absolute Gasteiger partial charge is 0.496 e. The highest BCUT2D eigenvalue weighted by atomic mass is 32.2. The van der Waals surface area contributed by atoms with Crippen LogP contribution in [0.5, 0.6) is 5.75 Å². The zero-order valence-electron chi connectivity index (χ0n) is 12.4. The molecule has 0 amide bonds. The van der Waals surface area contributed by atoms with Crippen molar-refractivity contribution in [2.45, 2.75) is 37.6 Å². The molecule has 1 N–H and O–H groups in total. The SMILES string of the molecule is COc1ccc(S(=O)(=O)N2CC(C)OC(C)C2)cc1CO. The Balaban J connectivity index is 2.35. The third-order valence-corrected chi connectivity index (χ3v) is 5.27. The van der Waals surface area contributed by atoms with E-state index in [0.29, 0.717) is 24.4 Å². The molecule has 1 aromatic rings. The van der Waals surface area contributed by atoms with Gasteiger partial charge in [-0.2, -0.15) is 4.31 Å². The second-order valence-electron chi connectivity index (χ2n) is 5.21. The smallest absolute Gasteiger partial charge is 0.243 e. The zero-order chi connectivity index (χ0) is 15.6. The van der Waals surface area contributed by atoms with Gasteiger partial charge in [-0.1, -0.05) is 0 Å². The topological polar surface area (TPSA) is 76.1 Å². The molecule has 1 heterocycles. The Labute approximate surface area is 125 Å². The fraction of sp³-hybridized carbons (Fsp3) is 0.571. The summed E-state index contributed by atoms with van der Waals surface area (Å²) in [5, 5.41) is 9.33. The molecule has 6 nitrogen and oxygen atoms in total. The second-order valence-corrected chi connectivity index (χ2v) is 7.15. The number of morpholine rings is 1. The number of hydrogen-bond donors (Lipinski definition) is 1. The first kappa shape index (κ1) is 16.2. The lowest BCUT2D eigenvalue weighted by molar-refractivity contribution is -0.0440. The highest BCUT2D eigenvalue weighted by molar-refractivity contribution is 7.89. The number of hydrogen-bond acceptors (Lipinski definition) is 5. The summed E-state index contributed by atoms with van der Waals surface area (Å²) in [6, 6.07) is 4.52. The highest BCUT2D eigenvalue weighted by Crippen LogP contribution is 2.26. The maximum Gasteiger partial charge on any atom is 0.243 e. The van der Waals surface area contributed by atoms with Crippen LogP contribution in [-0.2, 0) is 21.4 Å². The molecule has 118 valence electrons. The normalized spacial score (nSPS) is 24.0. The van der Waals surface area contributed by atoms with Gasteiger partial charge in [-0.25, -0.2) is 8.42 Å². The van der Waals surface area contributed by atoms with Gasteiger partial charge in [0, 0.05) is 18.7 Å². The van der Waals surface area contributed by atoms with Gasteiger partial charge in [-0.15, -0.1) is 0 Å². The highest BCUT2D eigenvalue weighted by Gasteiger charge is 2.32. The Morgan fingerprint density at radius 3 is 2.48 bits per heavy atom. The maximum atomic E-state index is 12.7. The fourth-order valence-electron chi connectivity index (χ4n) is 2.52. The molecule has 0 radical (unpaired) electrons. The molecule has 0 saturated carbocycles. The predicted octanol–water partition coefficient (Wildman–Crippen LogP) is 0.985. The Bertz CT molecular complexity index is 591. The molecule has 0 aromatic heterocycles. The molecule has 0 bridgehead atoms. The van der Waals surface area contributed by atoms with Crippen LogP contribution in [0.25, 0.3) is 0 Å². The van der Waals surface area contributed by atoms with Gasteiger partial charge in [0.2, 0.25) is 10.0 Å². The lowest BCUT2D eigenvalue weighted by Gasteiger charge is -2.34. The van der Waals surface area contributed by atoms with Crippen LogP contribution < -0.4 is 4.74 Å². The lowest BCUT2D eigenvalue weighted by atomic mass is 10.2. The van der Waals surface area contributed by atoms with Crippen LogP contribution in [0.3, 0.4) is 0 Å². The summed E-state index contributed by atoms with van der Waals surface area (Å²) in [5.41, 5.74) is 0.452. The van der Waals surface area contributed by atoms with Gasteiger partial charge in [0.15, 0.2) is 0 Å². The van der Waals surface area contributed by atoms with E-state index in [4.69, 9.17) is 9.47 Å². The van der Waals surface area contributed by atoms with E-state index in [1.807, 2.05) is 13.8 Å². The van der Waals surface area contributed by atoms with Crippen molar-refractivity contribution in [3.8, 4) is 5.75 Å². The molecule has 1 aliphatic rings. The molecule has 7 heteroatoms. The first-order chi connectivity index (χ1) is 9.88. The molecule has 1 saturated heterocycles. The van der Waals surface area contributed by atoms with Gasteiger partial charge in [-0.05, 0) is 32.0 Å². The van der Waals surface area contributed by atoms with Gasteiger partial charge in [0.05, 0.1) is 30.8 Å². The average Bonchev–Trinajstić information content (AvgIpc) is 2.45. The van der Waals surface area contributed by atoms with E-state index in [2.05, 4.69) is 0 Å². The summed E-state index contributed by atoms with van der Waals surface area (Å²) in [7, 11) is -2.12. The van der Waals surface area contributed by atoms with E-state index in [1.54, 1.807) is 6.07 Å². The fourth-order valence-corrected chi connectivity index (χ4v) is 4.16. The van der Waals surface area contributed by atoms with Crippen molar-refractivity contribution in [2.75, 3.05) is 20.2 Å². The van der Waals surface area contributed by atoms with E-state index in [1.165, 1.54) is 23.5 Å². The number of aliphatic hydroxyl groups excluding tert-OH is 1. The van der Waals surface area contributed by atoms with E-state index in [-0.39, 0.29) is 23.7 Å². The minimum Gasteiger partial charge on any atom is -0.496 e. The third-order valence-electron chi connectivity index (χ3n) is 3.45. The van der Waals surface area contributed by atoms with Crippen LogP contribution in [0, 0.1) is 0 Å². The van der Waals surface area contributed by atoms with Crippen LogP contribution >= 0.6 is 0 Å². The van der Waals surface area contributed by atoms with Crippen molar-refractivity contribution in [1.29, 1.82) is 0 Å². The molecule has 0 spiro atoms. The molecule has 1 aromatic carbocycles. The van der Waals surface area contributed by atoms with Crippen LogP contribution in [0.15, 0.2) is 23.1 Å². The van der Waals surface area contributed by atoms with Gasteiger partial charge >= 0.3 is 0 Å². The van der Waals surface area contributed by atoms with Gasteiger partial charge < -0.3 is 14.6 Å². The number of rotatable bonds is 4. The van der Waals surface area contributed by atoms with E-state index >= 15 is 0 Å². The monoisotopic (exact) mass is 315 g/mol. The zero-order valence-corrected chi connectivity index (χ0v) is 13.3. The molecule has 1 fully saturated rings. The third kappa shape index (κ3) is 3.37. The number of benzene rings is 1. The number of nitrogens with zero attached hydrogens (tertiary/aromatic N) is 1. The summed E-state index contributed by atoms with van der Waals surface area (Å²) < 4.78 is 37.5. The maximum absolute atomic E-state index is 12.7. The van der Waals surface area contributed by atoms with Crippen LogP contribution in [0.2, 0.25) is 0 Å². The molecule has 0 aliphatic carbocycles. The van der Waals surface area contributed by atoms with E-state index < -0.39 is 10.0 Å². The van der Waals surface area contributed by atoms with Gasteiger partial charge in [0.25, 0.3) is 0 Å². The van der Waals surface area contributed by atoms with Crippen LogP contribution in [0.1, 0.15) is 19.4 Å². The number of ether oxygens (including phenoxy) is 2. The molecular formula is C14H21NO5S. The van der Waals surface area contributed by atoms with Crippen LogP contribution in [-0.4, -0.2) is 50.2 Å². The van der Waals surface area contributed by atoms with Crippen molar-refractivity contribution < 1.29 is 23.0 Å². The standard InChI is InChI=1S/C14H21NO5S/c1-10-7-15(8-11(2)20-10)21(17,18)13-4-5-14(19-3)12(6-13)9-16/h4-6,10-11,16H,7-9H2,1-3H3. The van der Waals surface area contributed by atoms with Crippen LogP contribution in [0.4, 0.5) is 0 Å². The Kier molecular flexibility index (Phi) is 4.88. The van der Waals surface area contributed by atoms with Crippen molar-refractivity contribution in [2.24, 2.45) is 0 Å². The lowest BCUT2D eigenvalue weighted by Crippen LogP contribution is -2.48. The van der Waals surface area contributed by atoms with Gasteiger partial charge in [0.1, 0.15) is 5.75 Å². The van der Waals surface area contributed by atoms with Crippen molar-refractivity contribution in [3.05, 3.63) is 23.8 Å². The molecular weight excluding hydrogens is 294 g/mol. The number of sulfonamides is 1. The first-order valence-corrected chi connectivity index (χ1v) is 8.26. The number of aliphatic hydroxyl groups is 1. The van der Waals surface area contributed by atoms with Crippen molar-refractivity contribution >= 4 is 10.0 Å². The first-order valence-electron chi connectivity index (χ1n) is 6.82. The summed E-state index contributed by atoms with van der Waals surface area (Å²) in [5.74, 6) is 0.472. The summed E-state index contributed by atoms with van der Waals surface area (Å²) in [6.07, 6.45) is -0.279. The average molecular weight is 315 g/mol. The molecule has 1 aliphatic heterocycles. The minimum absolute atomic E-state index is 0.140. The quantitative estimate of drug-likeness (QED) is 0.896. The van der Waals surface area contributed by atoms with Crippen molar-refractivity contribution in [3.63, 3.8) is 0 Å². The predicted molar refractivity (Wildman–Crippen MR) is 77.7 cm³/mol. The Morgan fingerprint density at radius 1 is 1.33 bits per heavy atom. The van der Waals surface area contributed by atoms with Gasteiger partial charge in [-0.3, -0.25) is 0 Å². The molecule has 2 rings (SSSR count). The molecule has 21 heavy (non-hydrogen) atoms. The van der Waals surface area contributed by atoms with Crippen molar-refractivity contribution in [1.82, 2.24) is 4.31 Å². The molecule has 2 atom stereocenters.